The Bertz CT molecular complexity index is 815. The van der Waals surface area contributed by atoms with Crippen LogP contribution in [-0.4, -0.2) is 4.98 Å². The molecule has 0 bridgehead atoms. The summed E-state index contributed by atoms with van der Waals surface area (Å²) in [6.07, 6.45) is 1.10. The minimum atomic E-state index is 0.657. The molecule has 0 saturated carbocycles. The first-order valence-corrected chi connectivity index (χ1v) is 8.01. The molecule has 22 heavy (non-hydrogen) atoms. The van der Waals surface area contributed by atoms with E-state index in [1.807, 2.05) is 0 Å². The summed E-state index contributed by atoms with van der Waals surface area (Å²) in [5.41, 5.74) is 7.34. The largest absolute Gasteiger partial charge is 0.248 e. The molecule has 1 aromatic heterocycles. The van der Waals surface area contributed by atoms with Gasteiger partial charge in [-0.1, -0.05) is 49.7 Å². The number of nitrogens with zero attached hydrogens (tertiary/aromatic N) is 1. The summed E-state index contributed by atoms with van der Waals surface area (Å²) < 4.78 is 0. The van der Waals surface area contributed by atoms with E-state index < -0.39 is 0 Å². The molecule has 0 aliphatic heterocycles. The van der Waals surface area contributed by atoms with Crippen LogP contribution in [-0.2, 0) is 6.42 Å². The van der Waals surface area contributed by atoms with Crippen LogP contribution in [0.2, 0.25) is 0 Å². The Hall–Kier alpha value is -2.15. The number of aryl methyl sites for hydroxylation is 2. The van der Waals surface area contributed by atoms with Gasteiger partial charge in [-0.15, -0.1) is 0 Å². The van der Waals surface area contributed by atoms with Crippen LogP contribution in [0.1, 0.15) is 30.5 Å². The van der Waals surface area contributed by atoms with Crippen molar-refractivity contribution in [2.45, 2.75) is 34.1 Å². The van der Waals surface area contributed by atoms with Crippen LogP contribution >= 0.6 is 0 Å². The van der Waals surface area contributed by atoms with E-state index in [1.54, 1.807) is 0 Å². The Kier molecular flexibility index (Phi) is 3.98. The van der Waals surface area contributed by atoms with Crippen molar-refractivity contribution in [3.63, 3.8) is 0 Å². The number of benzene rings is 2. The number of hydrogen-bond acceptors (Lipinski definition) is 1. The first-order chi connectivity index (χ1) is 10.5. The van der Waals surface area contributed by atoms with E-state index in [0.29, 0.717) is 5.92 Å². The molecule has 2 aromatic carbocycles. The molecule has 112 valence electrons. The predicted octanol–water partition coefficient (Wildman–Crippen LogP) is 5.72. The topological polar surface area (TPSA) is 12.9 Å². The van der Waals surface area contributed by atoms with Gasteiger partial charge in [0, 0.05) is 10.9 Å². The number of hydrogen-bond donors (Lipinski definition) is 0. The maximum absolute atomic E-state index is 4.92. The molecule has 1 heteroatoms. The Balaban J connectivity index is 2.13. The maximum atomic E-state index is 4.92. The van der Waals surface area contributed by atoms with E-state index in [4.69, 9.17) is 4.98 Å². The zero-order valence-corrected chi connectivity index (χ0v) is 13.9. The van der Waals surface area contributed by atoms with E-state index in [9.17, 15) is 0 Å². The molecule has 0 aliphatic carbocycles. The molecule has 0 N–H and O–H groups in total. The van der Waals surface area contributed by atoms with Crippen LogP contribution in [0.15, 0.2) is 48.5 Å². The second kappa shape index (κ2) is 5.92. The van der Waals surface area contributed by atoms with Gasteiger partial charge in [0.2, 0.25) is 0 Å². The third kappa shape index (κ3) is 2.89. The van der Waals surface area contributed by atoms with Crippen LogP contribution in [0.25, 0.3) is 22.2 Å². The van der Waals surface area contributed by atoms with Crippen molar-refractivity contribution in [1.82, 2.24) is 4.98 Å². The number of rotatable bonds is 3. The first kappa shape index (κ1) is 14.8. The lowest BCUT2D eigenvalue weighted by molar-refractivity contribution is 0.650. The lowest BCUT2D eigenvalue weighted by Crippen LogP contribution is -1.96. The van der Waals surface area contributed by atoms with Crippen molar-refractivity contribution in [1.29, 1.82) is 0 Å². The summed E-state index contributed by atoms with van der Waals surface area (Å²) in [6.45, 7) is 8.80. The summed E-state index contributed by atoms with van der Waals surface area (Å²) in [5.74, 6) is 0.657. The standard InChI is InChI=1S/C21H23N/c1-14(2)12-17-6-5-7-20-18(17)10-11-21(22-20)19-13-15(3)8-9-16(19)4/h5-11,13-14H,12H2,1-4H3. The average molecular weight is 289 g/mol. The highest BCUT2D eigenvalue weighted by Crippen LogP contribution is 2.27. The minimum Gasteiger partial charge on any atom is -0.248 e. The minimum absolute atomic E-state index is 0.657. The highest BCUT2D eigenvalue weighted by molar-refractivity contribution is 5.85. The molecule has 1 heterocycles. The third-order valence-corrected chi connectivity index (χ3v) is 4.12. The average Bonchev–Trinajstić information content (AvgIpc) is 2.49. The van der Waals surface area contributed by atoms with Crippen LogP contribution in [0.4, 0.5) is 0 Å². The van der Waals surface area contributed by atoms with Crippen LogP contribution in [0.3, 0.4) is 0 Å². The summed E-state index contributed by atoms with van der Waals surface area (Å²) in [6, 6.07) is 17.4. The zero-order chi connectivity index (χ0) is 15.7. The zero-order valence-electron chi connectivity index (χ0n) is 13.9. The van der Waals surface area contributed by atoms with Gasteiger partial charge >= 0.3 is 0 Å². The second-order valence-corrected chi connectivity index (χ2v) is 6.60. The van der Waals surface area contributed by atoms with Crippen molar-refractivity contribution >= 4 is 10.9 Å². The van der Waals surface area contributed by atoms with Crippen molar-refractivity contribution in [3.05, 3.63) is 65.2 Å². The Morgan fingerprint density at radius 2 is 1.77 bits per heavy atom. The van der Waals surface area contributed by atoms with Gasteiger partial charge < -0.3 is 0 Å². The molecular weight excluding hydrogens is 266 g/mol. The molecule has 0 atom stereocenters. The fraction of sp³-hybridized carbons (Fsp3) is 0.286. The van der Waals surface area contributed by atoms with Crippen molar-refractivity contribution in [2.75, 3.05) is 0 Å². The van der Waals surface area contributed by atoms with E-state index >= 15 is 0 Å². The monoisotopic (exact) mass is 289 g/mol. The van der Waals surface area contributed by atoms with Gasteiger partial charge in [-0.05, 0) is 55.5 Å². The van der Waals surface area contributed by atoms with E-state index in [-0.39, 0.29) is 0 Å². The lowest BCUT2D eigenvalue weighted by Gasteiger charge is -2.11. The van der Waals surface area contributed by atoms with Crippen molar-refractivity contribution < 1.29 is 0 Å². The molecule has 0 saturated heterocycles. The molecule has 0 amide bonds. The molecule has 3 rings (SSSR count). The molecule has 0 radical (unpaired) electrons. The number of pyridine rings is 1. The SMILES string of the molecule is Cc1ccc(C)c(-c2ccc3c(CC(C)C)cccc3n2)c1. The third-order valence-electron chi connectivity index (χ3n) is 4.12. The highest BCUT2D eigenvalue weighted by atomic mass is 14.7. The fourth-order valence-corrected chi connectivity index (χ4v) is 3.00. The molecule has 0 fully saturated rings. The Labute approximate surface area is 133 Å². The van der Waals surface area contributed by atoms with Gasteiger partial charge in [-0.2, -0.15) is 0 Å². The van der Waals surface area contributed by atoms with Crippen molar-refractivity contribution in [2.24, 2.45) is 5.92 Å². The van der Waals surface area contributed by atoms with E-state index in [0.717, 1.165) is 17.6 Å². The Morgan fingerprint density at radius 1 is 0.955 bits per heavy atom. The summed E-state index contributed by atoms with van der Waals surface area (Å²) in [5, 5.41) is 1.28. The van der Waals surface area contributed by atoms with E-state index in [2.05, 4.69) is 76.2 Å². The van der Waals surface area contributed by atoms with Gasteiger partial charge in [0.25, 0.3) is 0 Å². The Morgan fingerprint density at radius 3 is 2.55 bits per heavy atom. The van der Waals surface area contributed by atoms with Gasteiger partial charge in [0.15, 0.2) is 0 Å². The van der Waals surface area contributed by atoms with Crippen LogP contribution in [0, 0.1) is 19.8 Å². The molecule has 3 aromatic rings. The van der Waals surface area contributed by atoms with Crippen LogP contribution < -0.4 is 0 Å². The number of fused-ring (bicyclic) bond motifs is 1. The summed E-state index contributed by atoms with van der Waals surface area (Å²) in [4.78, 5) is 4.92. The molecule has 0 aliphatic rings. The van der Waals surface area contributed by atoms with Crippen molar-refractivity contribution in [3.8, 4) is 11.3 Å². The van der Waals surface area contributed by atoms with Gasteiger partial charge in [0.05, 0.1) is 11.2 Å². The lowest BCUT2D eigenvalue weighted by atomic mass is 9.97. The molecule has 1 nitrogen and oxygen atoms in total. The highest BCUT2D eigenvalue weighted by Gasteiger charge is 2.08. The first-order valence-electron chi connectivity index (χ1n) is 8.01. The fourth-order valence-electron chi connectivity index (χ4n) is 3.00. The van der Waals surface area contributed by atoms with Gasteiger partial charge in [-0.25, -0.2) is 4.98 Å². The molecule has 0 unspecified atom stereocenters. The summed E-state index contributed by atoms with van der Waals surface area (Å²) >= 11 is 0. The van der Waals surface area contributed by atoms with Gasteiger partial charge in [0.1, 0.15) is 0 Å². The maximum Gasteiger partial charge on any atom is 0.0712 e. The summed E-state index contributed by atoms with van der Waals surface area (Å²) in [7, 11) is 0. The van der Waals surface area contributed by atoms with Gasteiger partial charge in [-0.3, -0.25) is 0 Å². The normalized spacial score (nSPS) is 11.3. The van der Waals surface area contributed by atoms with Crippen LogP contribution in [0.5, 0.6) is 0 Å². The molecular formula is C21H23N. The smallest absolute Gasteiger partial charge is 0.0712 e. The molecule has 0 spiro atoms. The quantitative estimate of drug-likeness (QED) is 0.601. The predicted molar refractivity (Wildman–Crippen MR) is 95.2 cm³/mol. The second-order valence-electron chi connectivity index (χ2n) is 6.60. The number of aromatic nitrogens is 1. The van der Waals surface area contributed by atoms with E-state index in [1.165, 1.54) is 27.6 Å².